The summed E-state index contributed by atoms with van der Waals surface area (Å²) in [5.74, 6) is 4.70. The highest BCUT2D eigenvalue weighted by atomic mass is 19.1. The SMILES string of the molecule is CC#CCCNC(=O)c1cccc(C)c1F. The van der Waals surface area contributed by atoms with Crippen molar-refractivity contribution in [1.82, 2.24) is 5.32 Å². The van der Waals surface area contributed by atoms with Crippen LogP contribution in [0.25, 0.3) is 0 Å². The van der Waals surface area contributed by atoms with E-state index >= 15 is 0 Å². The maximum atomic E-state index is 13.5. The molecule has 16 heavy (non-hydrogen) atoms. The monoisotopic (exact) mass is 219 g/mol. The number of carbonyl (C=O) groups excluding carboxylic acids is 1. The number of amides is 1. The third kappa shape index (κ3) is 3.09. The molecule has 1 amide bonds. The van der Waals surface area contributed by atoms with E-state index in [2.05, 4.69) is 17.2 Å². The first-order valence-electron chi connectivity index (χ1n) is 5.09. The second-order valence-corrected chi connectivity index (χ2v) is 3.37. The van der Waals surface area contributed by atoms with Gasteiger partial charge in [-0.25, -0.2) is 4.39 Å². The number of nitrogens with one attached hydrogen (secondary N) is 1. The lowest BCUT2D eigenvalue weighted by Crippen LogP contribution is -2.25. The Kier molecular flexibility index (Phi) is 4.53. The van der Waals surface area contributed by atoms with Crippen LogP contribution in [-0.2, 0) is 0 Å². The summed E-state index contributed by atoms with van der Waals surface area (Å²) in [4.78, 5) is 11.6. The number of aryl methyl sites for hydroxylation is 1. The Morgan fingerprint density at radius 1 is 1.50 bits per heavy atom. The van der Waals surface area contributed by atoms with Crippen molar-refractivity contribution in [3.63, 3.8) is 0 Å². The van der Waals surface area contributed by atoms with Crippen molar-refractivity contribution in [2.24, 2.45) is 0 Å². The molecular weight excluding hydrogens is 205 g/mol. The van der Waals surface area contributed by atoms with Gasteiger partial charge in [0, 0.05) is 13.0 Å². The van der Waals surface area contributed by atoms with Crippen LogP contribution < -0.4 is 5.32 Å². The van der Waals surface area contributed by atoms with Gasteiger partial charge in [-0.15, -0.1) is 11.8 Å². The Morgan fingerprint density at radius 2 is 2.25 bits per heavy atom. The van der Waals surface area contributed by atoms with E-state index in [4.69, 9.17) is 0 Å². The molecule has 0 aliphatic heterocycles. The molecule has 0 saturated heterocycles. The summed E-state index contributed by atoms with van der Waals surface area (Å²) < 4.78 is 13.5. The molecule has 0 bridgehead atoms. The fourth-order valence-corrected chi connectivity index (χ4v) is 1.28. The maximum Gasteiger partial charge on any atom is 0.254 e. The van der Waals surface area contributed by atoms with E-state index in [9.17, 15) is 9.18 Å². The lowest BCUT2D eigenvalue weighted by molar-refractivity contribution is 0.0950. The van der Waals surface area contributed by atoms with Gasteiger partial charge in [0.05, 0.1) is 5.56 Å². The van der Waals surface area contributed by atoms with Crippen LogP contribution in [0.2, 0.25) is 0 Å². The van der Waals surface area contributed by atoms with Gasteiger partial charge in [-0.2, -0.15) is 0 Å². The second-order valence-electron chi connectivity index (χ2n) is 3.37. The van der Waals surface area contributed by atoms with Crippen LogP contribution in [0, 0.1) is 24.6 Å². The van der Waals surface area contributed by atoms with Gasteiger partial charge in [0.15, 0.2) is 0 Å². The normalized spacial score (nSPS) is 9.19. The van der Waals surface area contributed by atoms with Crippen molar-refractivity contribution in [1.29, 1.82) is 0 Å². The number of halogens is 1. The molecule has 1 aromatic carbocycles. The van der Waals surface area contributed by atoms with Crippen LogP contribution in [-0.4, -0.2) is 12.5 Å². The standard InChI is InChI=1S/C13H14FNO/c1-3-4-5-9-15-13(16)11-8-6-7-10(2)12(11)14/h6-8H,5,9H2,1-2H3,(H,15,16). The van der Waals surface area contributed by atoms with Gasteiger partial charge in [-0.1, -0.05) is 12.1 Å². The Hall–Kier alpha value is -1.82. The number of hydrogen-bond donors (Lipinski definition) is 1. The molecule has 0 saturated carbocycles. The van der Waals surface area contributed by atoms with E-state index in [0.29, 0.717) is 18.5 Å². The van der Waals surface area contributed by atoms with Crippen molar-refractivity contribution < 1.29 is 9.18 Å². The van der Waals surface area contributed by atoms with Gasteiger partial charge < -0.3 is 5.32 Å². The van der Waals surface area contributed by atoms with Crippen molar-refractivity contribution in [2.45, 2.75) is 20.3 Å². The predicted molar refractivity (Wildman–Crippen MR) is 61.5 cm³/mol. The molecule has 0 spiro atoms. The molecule has 3 heteroatoms. The molecule has 0 aliphatic carbocycles. The maximum absolute atomic E-state index is 13.5. The molecule has 0 aliphatic rings. The summed E-state index contributed by atoms with van der Waals surface area (Å²) in [7, 11) is 0. The Bertz CT molecular complexity index is 443. The minimum atomic E-state index is -0.457. The summed E-state index contributed by atoms with van der Waals surface area (Å²) in [6.45, 7) is 3.81. The molecular formula is C13H14FNO. The predicted octanol–water partition coefficient (Wildman–Crippen LogP) is 2.28. The molecule has 84 valence electrons. The zero-order valence-corrected chi connectivity index (χ0v) is 9.43. The average Bonchev–Trinajstić information content (AvgIpc) is 2.28. The van der Waals surface area contributed by atoms with Crippen LogP contribution in [0.15, 0.2) is 18.2 Å². The highest BCUT2D eigenvalue weighted by molar-refractivity contribution is 5.94. The summed E-state index contributed by atoms with van der Waals surface area (Å²) >= 11 is 0. The highest BCUT2D eigenvalue weighted by Gasteiger charge is 2.11. The summed E-state index contributed by atoms with van der Waals surface area (Å²) in [6.07, 6.45) is 0.579. The minimum absolute atomic E-state index is 0.0875. The van der Waals surface area contributed by atoms with Gasteiger partial charge in [0.25, 0.3) is 5.91 Å². The fraction of sp³-hybridized carbons (Fsp3) is 0.308. The molecule has 0 fully saturated rings. The van der Waals surface area contributed by atoms with Crippen molar-refractivity contribution >= 4 is 5.91 Å². The second kappa shape index (κ2) is 5.92. The zero-order valence-electron chi connectivity index (χ0n) is 9.43. The van der Waals surface area contributed by atoms with Crippen LogP contribution in [0.3, 0.4) is 0 Å². The van der Waals surface area contributed by atoms with Crippen LogP contribution in [0.1, 0.15) is 29.3 Å². The molecule has 0 radical (unpaired) electrons. The molecule has 0 atom stereocenters. The average molecular weight is 219 g/mol. The Balaban J connectivity index is 2.65. The van der Waals surface area contributed by atoms with Crippen molar-refractivity contribution in [2.75, 3.05) is 6.54 Å². The van der Waals surface area contributed by atoms with Gasteiger partial charge >= 0.3 is 0 Å². The molecule has 1 rings (SSSR count). The van der Waals surface area contributed by atoms with E-state index in [1.54, 1.807) is 26.0 Å². The van der Waals surface area contributed by atoms with Gasteiger partial charge in [0.1, 0.15) is 5.82 Å². The lowest BCUT2D eigenvalue weighted by atomic mass is 10.1. The number of carbonyl (C=O) groups is 1. The first kappa shape index (κ1) is 12.3. The largest absolute Gasteiger partial charge is 0.351 e. The molecule has 0 unspecified atom stereocenters. The number of hydrogen-bond acceptors (Lipinski definition) is 1. The zero-order chi connectivity index (χ0) is 12.0. The van der Waals surface area contributed by atoms with Crippen molar-refractivity contribution in [3.8, 4) is 11.8 Å². The first-order chi connectivity index (χ1) is 7.66. The summed E-state index contributed by atoms with van der Waals surface area (Å²) in [5, 5.41) is 2.62. The van der Waals surface area contributed by atoms with Crippen molar-refractivity contribution in [3.05, 3.63) is 35.1 Å². The fourth-order valence-electron chi connectivity index (χ4n) is 1.28. The molecule has 0 heterocycles. The first-order valence-corrected chi connectivity index (χ1v) is 5.09. The summed E-state index contributed by atoms with van der Waals surface area (Å²) in [6, 6.07) is 4.77. The molecule has 1 N–H and O–H groups in total. The van der Waals surface area contributed by atoms with E-state index in [0.717, 1.165) is 0 Å². The smallest absolute Gasteiger partial charge is 0.254 e. The summed E-state index contributed by atoms with van der Waals surface area (Å²) in [5.41, 5.74) is 0.561. The van der Waals surface area contributed by atoms with E-state index in [-0.39, 0.29) is 11.5 Å². The highest BCUT2D eigenvalue weighted by Crippen LogP contribution is 2.11. The van der Waals surface area contributed by atoms with E-state index in [1.165, 1.54) is 6.07 Å². The van der Waals surface area contributed by atoms with Gasteiger partial charge in [-0.3, -0.25) is 4.79 Å². The van der Waals surface area contributed by atoms with Gasteiger partial charge in [-0.05, 0) is 25.5 Å². The third-order valence-corrected chi connectivity index (χ3v) is 2.15. The van der Waals surface area contributed by atoms with E-state index in [1.807, 2.05) is 0 Å². The van der Waals surface area contributed by atoms with Crippen LogP contribution in [0.5, 0.6) is 0 Å². The lowest BCUT2D eigenvalue weighted by Gasteiger charge is -2.05. The Morgan fingerprint density at radius 3 is 2.94 bits per heavy atom. The quantitative estimate of drug-likeness (QED) is 0.613. The number of rotatable bonds is 3. The van der Waals surface area contributed by atoms with Gasteiger partial charge in [0.2, 0.25) is 0 Å². The third-order valence-electron chi connectivity index (χ3n) is 2.15. The molecule has 1 aromatic rings. The minimum Gasteiger partial charge on any atom is -0.351 e. The van der Waals surface area contributed by atoms with Crippen LogP contribution >= 0.6 is 0 Å². The Labute approximate surface area is 94.9 Å². The molecule has 0 aromatic heterocycles. The topological polar surface area (TPSA) is 29.1 Å². The molecule has 2 nitrogen and oxygen atoms in total. The number of benzene rings is 1. The van der Waals surface area contributed by atoms with Crippen LogP contribution in [0.4, 0.5) is 4.39 Å². The van der Waals surface area contributed by atoms with E-state index < -0.39 is 5.82 Å².